The van der Waals surface area contributed by atoms with Crippen LogP contribution in [0.4, 0.5) is 9.80 Å². The normalized spacial score (nSPS) is 12.0. The van der Waals surface area contributed by atoms with Crippen LogP contribution < -0.4 is 5.32 Å². The maximum atomic E-state index is 11.9. The number of carbonyl (C=O) groups excluding carboxylic acids is 1. The van der Waals surface area contributed by atoms with E-state index in [1.54, 1.807) is 19.5 Å². The molecule has 0 bridgehead atoms. The predicted molar refractivity (Wildman–Crippen MR) is 86.1 cm³/mol. The molecule has 0 radical (unpaired) electrons. The van der Waals surface area contributed by atoms with Gasteiger partial charge < -0.3 is 9.47 Å². The van der Waals surface area contributed by atoms with E-state index in [1.807, 2.05) is 26.0 Å². The molecule has 0 fully saturated rings. The summed E-state index contributed by atoms with van der Waals surface area (Å²) in [5, 5.41) is 4.23. The van der Waals surface area contributed by atoms with Crippen molar-refractivity contribution in [2.24, 2.45) is 0 Å². The molecule has 0 spiro atoms. The van der Waals surface area contributed by atoms with Crippen LogP contribution >= 0.6 is 11.3 Å². The number of aryl methyl sites for hydroxylation is 1. The molecule has 0 aliphatic carbocycles. The second-order valence-electron chi connectivity index (χ2n) is 4.69. The van der Waals surface area contributed by atoms with Crippen molar-refractivity contribution >= 4 is 22.4 Å². The first-order valence-electron chi connectivity index (χ1n) is 6.98. The van der Waals surface area contributed by atoms with E-state index in [9.17, 15) is 4.79 Å². The second kappa shape index (κ2) is 7.86. The number of thiazole rings is 1. The molecule has 0 aliphatic heterocycles. The van der Waals surface area contributed by atoms with Crippen molar-refractivity contribution in [1.82, 2.24) is 9.97 Å². The molecular weight excluding hydrogens is 302 g/mol. The molecule has 0 aliphatic rings. The third kappa shape index (κ3) is 4.25. The molecule has 0 saturated carbocycles. The summed E-state index contributed by atoms with van der Waals surface area (Å²) in [6, 6.07) is 3.78. The van der Waals surface area contributed by atoms with Crippen molar-refractivity contribution in [1.29, 1.82) is 0 Å². The first-order chi connectivity index (χ1) is 10.6. The largest absolute Gasteiger partial charge is 0.444 e. The molecule has 2 aromatic rings. The maximum Gasteiger partial charge on any atom is 0.412 e. The Balaban J connectivity index is 2.04. The van der Waals surface area contributed by atoms with Gasteiger partial charge in [0.05, 0.1) is 12.3 Å². The van der Waals surface area contributed by atoms with Gasteiger partial charge in [-0.2, -0.15) is 0 Å². The Labute approximate surface area is 133 Å². The number of hydrogen-bond donors (Lipinski definition) is 1. The van der Waals surface area contributed by atoms with Gasteiger partial charge >= 0.3 is 6.09 Å². The minimum absolute atomic E-state index is 0.254. The van der Waals surface area contributed by atoms with Crippen molar-refractivity contribution in [3.05, 3.63) is 30.2 Å². The summed E-state index contributed by atoms with van der Waals surface area (Å²) in [7, 11) is 1.58. The molecule has 2 heterocycles. The highest BCUT2D eigenvalue weighted by Crippen LogP contribution is 2.31. The van der Waals surface area contributed by atoms with Gasteiger partial charge in [-0.25, -0.2) is 9.78 Å². The Bertz CT molecular complexity index is 616. The van der Waals surface area contributed by atoms with E-state index in [-0.39, 0.29) is 6.10 Å². The van der Waals surface area contributed by atoms with Gasteiger partial charge in [-0.15, -0.1) is 0 Å². The molecule has 0 saturated heterocycles. The minimum atomic E-state index is -0.492. The lowest BCUT2D eigenvalue weighted by atomic mass is 10.3. The summed E-state index contributed by atoms with van der Waals surface area (Å²) in [6.45, 7) is 4.17. The maximum absolute atomic E-state index is 11.9. The molecular formula is C15H19N3O3S. The molecule has 6 nitrogen and oxygen atoms in total. The van der Waals surface area contributed by atoms with Crippen LogP contribution in [-0.2, 0) is 9.47 Å². The van der Waals surface area contributed by atoms with E-state index in [0.717, 1.165) is 16.3 Å². The van der Waals surface area contributed by atoms with Crippen molar-refractivity contribution in [3.63, 3.8) is 0 Å². The summed E-state index contributed by atoms with van der Waals surface area (Å²) in [5.74, 6) is 0. The van der Waals surface area contributed by atoms with Gasteiger partial charge in [-0.05, 0) is 25.5 Å². The highest BCUT2D eigenvalue weighted by molar-refractivity contribution is 7.19. The van der Waals surface area contributed by atoms with Crippen molar-refractivity contribution in [2.75, 3.05) is 19.0 Å². The first-order valence-corrected chi connectivity index (χ1v) is 7.80. The zero-order chi connectivity index (χ0) is 15.9. The number of methoxy groups -OCH3 is 1. The first kappa shape index (κ1) is 16.4. The quantitative estimate of drug-likeness (QED) is 0.881. The summed E-state index contributed by atoms with van der Waals surface area (Å²) in [6.07, 6.45) is 3.40. The Morgan fingerprint density at radius 1 is 1.50 bits per heavy atom. The summed E-state index contributed by atoms with van der Waals surface area (Å²) >= 11 is 1.39. The molecule has 2 aromatic heterocycles. The van der Waals surface area contributed by atoms with Gasteiger partial charge in [0.15, 0.2) is 0 Å². The predicted octanol–water partition coefficient (Wildman–Crippen LogP) is 3.49. The number of aromatic nitrogens is 2. The Kier molecular flexibility index (Phi) is 5.85. The van der Waals surface area contributed by atoms with Gasteiger partial charge in [-0.1, -0.05) is 18.3 Å². The topological polar surface area (TPSA) is 73.3 Å². The molecule has 1 unspecified atom stereocenters. The number of anilines is 1. The van der Waals surface area contributed by atoms with Crippen LogP contribution in [0.2, 0.25) is 0 Å². The molecule has 7 heteroatoms. The zero-order valence-electron chi connectivity index (χ0n) is 12.8. The average Bonchev–Trinajstić information content (AvgIpc) is 2.88. The highest BCUT2D eigenvalue weighted by atomic mass is 32.1. The molecule has 2 rings (SSSR count). The fourth-order valence-corrected chi connectivity index (χ4v) is 2.76. The molecule has 1 amide bonds. The number of amides is 1. The van der Waals surface area contributed by atoms with Crippen LogP contribution in [0.15, 0.2) is 24.5 Å². The van der Waals surface area contributed by atoms with Gasteiger partial charge in [0, 0.05) is 25.1 Å². The van der Waals surface area contributed by atoms with E-state index < -0.39 is 6.09 Å². The van der Waals surface area contributed by atoms with Crippen LogP contribution in [0.1, 0.15) is 19.0 Å². The SMILES string of the molecule is CCC(COC)OC(=O)Nc1sc(-c2cccnc2)nc1C. The van der Waals surface area contributed by atoms with Crippen molar-refractivity contribution in [2.45, 2.75) is 26.4 Å². The lowest BCUT2D eigenvalue weighted by Crippen LogP contribution is -2.25. The summed E-state index contributed by atoms with van der Waals surface area (Å²) in [4.78, 5) is 20.5. The standard InChI is InChI=1S/C15H19N3O3S/c1-4-12(9-20-3)21-15(19)18-13-10(2)17-14(22-13)11-6-5-7-16-8-11/h5-8,12H,4,9H2,1-3H3,(H,18,19). The minimum Gasteiger partial charge on any atom is -0.444 e. The average molecular weight is 321 g/mol. The summed E-state index contributed by atoms with van der Waals surface area (Å²) < 4.78 is 10.3. The van der Waals surface area contributed by atoms with E-state index in [0.29, 0.717) is 18.0 Å². The summed E-state index contributed by atoms with van der Waals surface area (Å²) in [5.41, 5.74) is 1.67. The third-order valence-electron chi connectivity index (χ3n) is 3.00. The van der Waals surface area contributed by atoms with E-state index in [4.69, 9.17) is 9.47 Å². The Hall–Kier alpha value is -1.99. The van der Waals surface area contributed by atoms with Crippen LogP contribution in [0.25, 0.3) is 10.6 Å². The van der Waals surface area contributed by atoms with Gasteiger partial charge in [0.1, 0.15) is 16.1 Å². The number of nitrogens with zero attached hydrogens (tertiary/aromatic N) is 2. The molecule has 1 atom stereocenters. The number of nitrogens with one attached hydrogen (secondary N) is 1. The van der Waals surface area contributed by atoms with E-state index >= 15 is 0 Å². The van der Waals surface area contributed by atoms with Crippen LogP contribution in [0.3, 0.4) is 0 Å². The Morgan fingerprint density at radius 2 is 2.32 bits per heavy atom. The smallest absolute Gasteiger partial charge is 0.412 e. The van der Waals surface area contributed by atoms with Crippen LogP contribution in [0, 0.1) is 6.92 Å². The lowest BCUT2D eigenvalue weighted by Gasteiger charge is -2.15. The zero-order valence-corrected chi connectivity index (χ0v) is 13.6. The third-order valence-corrected chi connectivity index (χ3v) is 4.12. The van der Waals surface area contributed by atoms with Gasteiger partial charge in [0.25, 0.3) is 0 Å². The van der Waals surface area contributed by atoms with E-state index in [1.165, 1.54) is 11.3 Å². The van der Waals surface area contributed by atoms with E-state index in [2.05, 4.69) is 15.3 Å². The molecule has 118 valence electrons. The number of ether oxygens (including phenoxy) is 2. The van der Waals surface area contributed by atoms with Crippen LogP contribution in [0.5, 0.6) is 0 Å². The number of pyridine rings is 1. The fraction of sp³-hybridized carbons (Fsp3) is 0.400. The number of hydrogen-bond acceptors (Lipinski definition) is 6. The van der Waals surface area contributed by atoms with Crippen molar-refractivity contribution in [3.8, 4) is 10.6 Å². The monoisotopic (exact) mass is 321 g/mol. The van der Waals surface area contributed by atoms with Crippen LogP contribution in [-0.4, -0.2) is 35.9 Å². The van der Waals surface area contributed by atoms with Gasteiger partial charge in [0.2, 0.25) is 0 Å². The second-order valence-corrected chi connectivity index (χ2v) is 5.69. The fourth-order valence-electron chi connectivity index (χ4n) is 1.82. The molecule has 22 heavy (non-hydrogen) atoms. The molecule has 1 N–H and O–H groups in total. The Morgan fingerprint density at radius 3 is 2.95 bits per heavy atom. The van der Waals surface area contributed by atoms with Crippen molar-refractivity contribution < 1.29 is 14.3 Å². The number of carbonyl (C=O) groups is 1. The number of rotatable bonds is 6. The van der Waals surface area contributed by atoms with Gasteiger partial charge in [-0.3, -0.25) is 10.3 Å². The molecule has 0 aromatic carbocycles. The lowest BCUT2D eigenvalue weighted by molar-refractivity contribution is 0.0444. The highest BCUT2D eigenvalue weighted by Gasteiger charge is 2.16.